The highest BCUT2D eigenvalue weighted by Gasteiger charge is 2.26. The second-order valence-corrected chi connectivity index (χ2v) is 6.73. The summed E-state index contributed by atoms with van der Waals surface area (Å²) < 4.78 is 40.7. The highest BCUT2D eigenvalue weighted by molar-refractivity contribution is 7.89. The molecule has 0 amide bonds. The molecule has 1 aromatic carbocycles. The van der Waals surface area contributed by atoms with Crippen molar-refractivity contribution in [2.24, 2.45) is 0 Å². The predicted molar refractivity (Wildman–Crippen MR) is 76.3 cm³/mol. The molecular formula is C13H20FN3O2S. The zero-order valence-electron chi connectivity index (χ0n) is 11.5. The van der Waals surface area contributed by atoms with Gasteiger partial charge in [-0.2, -0.15) is 0 Å². The SMILES string of the molecule is CCN1CCCC(NS(=O)(=O)c2cc(N)ccc2F)C1. The summed E-state index contributed by atoms with van der Waals surface area (Å²) in [5.74, 6) is -0.783. The summed E-state index contributed by atoms with van der Waals surface area (Å²) in [7, 11) is -3.88. The minimum atomic E-state index is -3.88. The third-order valence-corrected chi connectivity index (χ3v) is 5.05. The van der Waals surface area contributed by atoms with Crippen molar-refractivity contribution in [3.63, 3.8) is 0 Å². The van der Waals surface area contributed by atoms with Crippen LogP contribution in [0.1, 0.15) is 19.8 Å². The Morgan fingerprint density at radius 1 is 1.50 bits per heavy atom. The molecule has 5 nitrogen and oxygen atoms in total. The average molecular weight is 301 g/mol. The number of nitrogens with one attached hydrogen (secondary N) is 1. The Balaban J connectivity index is 2.16. The van der Waals surface area contributed by atoms with Gasteiger partial charge in [0.05, 0.1) is 0 Å². The van der Waals surface area contributed by atoms with Gasteiger partial charge in [-0.3, -0.25) is 0 Å². The van der Waals surface area contributed by atoms with Gasteiger partial charge in [0.2, 0.25) is 10.0 Å². The molecule has 0 aromatic heterocycles. The van der Waals surface area contributed by atoms with Gasteiger partial charge in [0, 0.05) is 18.3 Å². The van der Waals surface area contributed by atoms with E-state index in [2.05, 4.69) is 9.62 Å². The smallest absolute Gasteiger partial charge is 0.243 e. The third-order valence-electron chi connectivity index (χ3n) is 3.52. The van der Waals surface area contributed by atoms with Crippen LogP contribution in [0, 0.1) is 5.82 Å². The highest BCUT2D eigenvalue weighted by atomic mass is 32.2. The number of rotatable bonds is 4. The van der Waals surface area contributed by atoms with Gasteiger partial charge in [-0.15, -0.1) is 0 Å². The Kier molecular flexibility index (Phi) is 4.62. The number of piperidine rings is 1. The van der Waals surface area contributed by atoms with E-state index in [-0.39, 0.29) is 16.6 Å². The van der Waals surface area contributed by atoms with Crippen LogP contribution in [0.2, 0.25) is 0 Å². The van der Waals surface area contributed by atoms with Gasteiger partial charge < -0.3 is 10.6 Å². The van der Waals surface area contributed by atoms with Crippen LogP contribution in [0.3, 0.4) is 0 Å². The molecule has 1 aliphatic rings. The van der Waals surface area contributed by atoms with Crippen molar-refractivity contribution in [1.29, 1.82) is 0 Å². The molecule has 0 saturated carbocycles. The fourth-order valence-electron chi connectivity index (χ4n) is 2.45. The van der Waals surface area contributed by atoms with Crippen molar-refractivity contribution in [1.82, 2.24) is 9.62 Å². The molecule has 1 heterocycles. The Labute approximate surface area is 119 Å². The standard InChI is InChI=1S/C13H20FN3O2S/c1-2-17-7-3-4-11(9-17)16-20(18,19)13-8-10(15)5-6-12(13)14/h5-6,8,11,16H,2-4,7,9,15H2,1H3. The maximum absolute atomic E-state index is 13.7. The lowest BCUT2D eigenvalue weighted by Gasteiger charge is -2.32. The van der Waals surface area contributed by atoms with E-state index in [0.29, 0.717) is 6.54 Å². The summed E-state index contributed by atoms with van der Waals surface area (Å²) in [6.07, 6.45) is 1.69. The number of sulfonamides is 1. The molecule has 1 unspecified atom stereocenters. The van der Waals surface area contributed by atoms with E-state index < -0.39 is 15.8 Å². The first kappa shape index (κ1) is 15.2. The molecule has 112 valence electrons. The molecule has 7 heteroatoms. The molecule has 1 saturated heterocycles. The summed E-state index contributed by atoms with van der Waals surface area (Å²) in [6, 6.07) is 3.38. The van der Waals surface area contributed by atoms with E-state index in [9.17, 15) is 12.8 Å². The van der Waals surface area contributed by atoms with Crippen LogP contribution < -0.4 is 10.5 Å². The minimum Gasteiger partial charge on any atom is -0.399 e. The number of anilines is 1. The van der Waals surface area contributed by atoms with Gasteiger partial charge in [0.1, 0.15) is 10.7 Å². The molecule has 1 aliphatic heterocycles. The van der Waals surface area contributed by atoms with Crippen molar-refractivity contribution in [2.45, 2.75) is 30.7 Å². The van der Waals surface area contributed by atoms with Gasteiger partial charge in [-0.1, -0.05) is 6.92 Å². The van der Waals surface area contributed by atoms with Crippen molar-refractivity contribution in [3.05, 3.63) is 24.0 Å². The van der Waals surface area contributed by atoms with Crippen molar-refractivity contribution in [3.8, 4) is 0 Å². The largest absolute Gasteiger partial charge is 0.399 e. The number of nitrogens with two attached hydrogens (primary N) is 1. The maximum atomic E-state index is 13.7. The number of likely N-dealkylation sites (N-methyl/N-ethyl adjacent to an activating group) is 1. The second-order valence-electron chi connectivity index (χ2n) is 5.04. The van der Waals surface area contributed by atoms with E-state index in [0.717, 1.165) is 38.1 Å². The first-order chi connectivity index (χ1) is 9.42. The monoisotopic (exact) mass is 301 g/mol. The van der Waals surface area contributed by atoms with E-state index in [4.69, 9.17) is 5.73 Å². The van der Waals surface area contributed by atoms with E-state index in [1.165, 1.54) is 6.07 Å². The van der Waals surface area contributed by atoms with Crippen LogP contribution in [-0.4, -0.2) is 39.0 Å². The normalized spacial score (nSPS) is 21.0. The molecule has 0 radical (unpaired) electrons. The number of halogens is 1. The van der Waals surface area contributed by atoms with Gasteiger partial charge in [-0.05, 0) is 44.1 Å². The fourth-order valence-corrected chi connectivity index (χ4v) is 3.82. The molecule has 1 atom stereocenters. The van der Waals surface area contributed by atoms with Crippen molar-refractivity contribution >= 4 is 15.7 Å². The van der Waals surface area contributed by atoms with Gasteiger partial charge >= 0.3 is 0 Å². The molecule has 2 rings (SSSR count). The lowest BCUT2D eigenvalue weighted by Crippen LogP contribution is -2.47. The molecular weight excluding hydrogens is 281 g/mol. The molecule has 1 fully saturated rings. The Morgan fingerprint density at radius 2 is 2.25 bits per heavy atom. The number of hydrogen-bond acceptors (Lipinski definition) is 4. The second kappa shape index (κ2) is 6.07. The molecule has 0 aliphatic carbocycles. The molecule has 0 bridgehead atoms. The van der Waals surface area contributed by atoms with E-state index in [1.54, 1.807) is 0 Å². The lowest BCUT2D eigenvalue weighted by molar-refractivity contribution is 0.211. The van der Waals surface area contributed by atoms with Crippen LogP contribution in [-0.2, 0) is 10.0 Å². The molecule has 1 aromatic rings. The zero-order valence-corrected chi connectivity index (χ0v) is 12.3. The summed E-state index contributed by atoms with van der Waals surface area (Å²) >= 11 is 0. The molecule has 3 N–H and O–H groups in total. The number of likely N-dealkylation sites (tertiary alicyclic amines) is 1. The average Bonchev–Trinajstić information content (AvgIpc) is 2.41. The van der Waals surface area contributed by atoms with Gasteiger partial charge in [0.15, 0.2) is 0 Å². The maximum Gasteiger partial charge on any atom is 0.243 e. The summed E-state index contributed by atoms with van der Waals surface area (Å²) in [4.78, 5) is 1.79. The number of hydrogen-bond donors (Lipinski definition) is 2. The first-order valence-electron chi connectivity index (χ1n) is 6.72. The van der Waals surface area contributed by atoms with Gasteiger partial charge in [0.25, 0.3) is 0 Å². The fraction of sp³-hybridized carbons (Fsp3) is 0.538. The molecule has 20 heavy (non-hydrogen) atoms. The molecule has 0 spiro atoms. The van der Waals surface area contributed by atoms with Crippen LogP contribution in [0.25, 0.3) is 0 Å². The number of nitrogen functional groups attached to an aromatic ring is 1. The summed E-state index contributed by atoms with van der Waals surface area (Å²) in [5, 5.41) is 0. The van der Waals surface area contributed by atoms with E-state index >= 15 is 0 Å². The number of nitrogens with zero attached hydrogens (tertiary/aromatic N) is 1. The minimum absolute atomic E-state index is 0.186. The van der Waals surface area contributed by atoms with Gasteiger partial charge in [-0.25, -0.2) is 17.5 Å². The topological polar surface area (TPSA) is 75.4 Å². The Hall–Kier alpha value is -1.18. The van der Waals surface area contributed by atoms with Crippen molar-refractivity contribution < 1.29 is 12.8 Å². The first-order valence-corrected chi connectivity index (χ1v) is 8.20. The van der Waals surface area contributed by atoms with Crippen LogP contribution >= 0.6 is 0 Å². The lowest BCUT2D eigenvalue weighted by atomic mass is 10.1. The van der Waals surface area contributed by atoms with Crippen LogP contribution in [0.4, 0.5) is 10.1 Å². The van der Waals surface area contributed by atoms with E-state index in [1.807, 2.05) is 6.92 Å². The Bertz CT molecular complexity index is 577. The third kappa shape index (κ3) is 3.47. The number of benzene rings is 1. The summed E-state index contributed by atoms with van der Waals surface area (Å²) in [5.41, 5.74) is 5.76. The van der Waals surface area contributed by atoms with Crippen molar-refractivity contribution in [2.75, 3.05) is 25.4 Å². The Morgan fingerprint density at radius 3 is 2.95 bits per heavy atom. The summed E-state index contributed by atoms with van der Waals surface area (Å²) in [6.45, 7) is 4.54. The quantitative estimate of drug-likeness (QED) is 0.819. The van der Waals surface area contributed by atoms with Crippen LogP contribution in [0.5, 0.6) is 0 Å². The van der Waals surface area contributed by atoms with Crippen LogP contribution in [0.15, 0.2) is 23.1 Å². The zero-order chi connectivity index (χ0) is 14.8. The highest BCUT2D eigenvalue weighted by Crippen LogP contribution is 2.19. The predicted octanol–water partition coefficient (Wildman–Crippen LogP) is 1.17.